The Hall–Kier alpha value is -4.05. The van der Waals surface area contributed by atoms with Gasteiger partial charge in [-0.1, -0.05) is 65.1 Å². The molecule has 1 heterocycles. The number of para-hydroxylation sites is 1. The molecule has 0 aliphatic rings. The Bertz CT molecular complexity index is 1890. The molecule has 0 aliphatic carbocycles. The summed E-state index contributed by atoms with van der Waals surface area (Å²) in [4.78, 5) is 17.9. The highest BCUT2D eigenvalue weighted by Gasteiger charge is 2.31. The number of rotatable bonds is 7. The van der Waals surface area contributed by atoms with Crippen LogP contribution in [0.2, 0.25) is 15.1 Å². The SMILES string of the molecule is COc1cc(C=Nn2c(-c3cccc(C(F)(F)F)c3)nc3ccccc3c2=O)cc(Cl)c1OCc1ccc(Cl)cc1Cl. The van der Waals surface area contributed by atoms with Gasteiger partial charge in [0, 0.05) is 21.2 Å². The first-order chi connectivity index (χ1) is 20.0. The number of fused-ring (bicyclic) bond motifs is 1. The van der Waals surface area contributed by atoms with Crippen LogP contribution in [-0.2, 0) is 12.8 Å². The first-order valence-electron chi connectivity index (χ1n) is 12.2. The van der Waals surface area contributed by atoms with Crippen molar-refractivity contribution in [3.63, 3.8) is 0 Å². The van der Waals surface area contributed by atoms with E-state index < -0.39 is 17.3 Å². The minimum Gasteiger partial charge on any atom is -0.493 e. The van der Waals surface area contributed by atoms with Gasteiger partial charge in [-0.25, -0.2) is 4.98 Å². The van der Waals surface area contributed by atoms with Gasteiger partial charge in [-0.3, -0.25) is 4.79 Å². The first-order valence-corrected chi connectivity index (χ1v) is 13.4. The zero-order valence-electron chi connectivity index (χ0n) is 21.6. The highest BCUT2D eigenvalue weighted by Crippen LogP contribution is 2.37. The Morgan fingerprint density at radius 1 is 0.952 bits per heavy atom. The van der Waals surface area contributed by atoms with Gasteiger partial charge < -0.3 is 9.47 Å². The van der Waals surface area contributed by atoms with Crippen molar-refractivity contribution in [2.45, 2.75) is 12.8 Å². The molecule has 0 unspecified atom stereocenters. The summed E-state index contributed by atoms with van der Waals surface area (Å²) in [6.07, 6.45) is -3.26. The lowest BCUT2D eigenvalue weighted by atomic mass is 10.1. The average Bonchev–Trinajstić information content (AvgIpc) is 2.96. The van der Waals surface area contributed by atoms with E-state index in [1.54, 1.807) is 48.5 Å². The van der Waals surface area contributed by atoms with Gasteiger partial charge in [-0.05, 0) is 54.1 Å². The second kappa shape index (κ2) is 12.1. The van der Waals surface area contributed by atoms with E-state index >= 15 is 0 Å². The Kier molecular flexibility index (Phi) is 8.45. The molecule has 0 fully saturated rings. The number of nitrogens with zero attached hydrogens (tertiary/aromatic N) is 3. The number of methoxy groups -OCH3 is 1. The molecule has 12 heteroatoms. The van der Waals surface area contributed by atoms with Crippen LogP contribution in [0.15, 0.2) is 88.8 Å². The van der Waals surface area contributed by atoms with Gasteiger partial charge in [-0.15, -0.1) is 0 Å². The summed E-state index contributed by atoms with van der Waals surface area (Å²) in [5.74, 6) is 0.451. The Morgan fingerprint density at radius 2 is 1.74 bits per heavy atom. The van der Waals surface area contributed by atoms with Gasteiger partial charge >= 0.3 is 6.18 Å². The van der Waals surface area contributed by atoms with Crippen LogP contribution in [-0.4, -0.2) is 23.0 Å². The molecule has 0 aliphatic heterocycles. The maximum atomic E-state index is 13.4. The molecule has 5 aromatic rings. The summed E-state index contributed by atoms with van der Waals surface area (Å²) in [5, 5.41) is 5.64. The lowest BCUT2D eigenvalue weighted by Gasteiger charge is -2.14. The van der Waals surface area contributed by atoms with Crippen molar-refractivity contribution in [1.82, 2.24) is 9.66 Å². The molecule has 0 radical (unpaired) electrons. The fraction of sp³-hybridized carbons (Fsp3) is 0.100. The van der Waals surface area contributed by atoms with Crippen molar-refractivity contribution >= 4 is 51.9 Å². The molecule has 0 saturated heterocycles. The average molecular weight is 633 g/mol. The molecule has 0 bridgehead atoms. The number of alkyl halides is 3. The van der Waals surface area contributed by atoms with Crippen LogP contribution >= 0.6 is 34.8 Å². The van der Waals surface area contributed by atoms with Crippen molar-refractivity contribution < 1.29 is 22.6 Å². The zero-order valence-corrected chi connectivity index (χ0v) is 23.9. The van der Waals surface area contributed by atoms with E-state index in [0.717, 1.165) is 16.8 Å². The van der Waals surface area contributed by atoms with Crippen molar-refractivity contribution in [1.29, 1.82) is 0 Å². The largest absolute Gasteiger partial charge is 0.493 e. The molecule has 0 N–H and O–H groups in total. The summed E-state index contributed by atoms with van der Waals surface area (Å²) in [6, 6.07) is 19.1. The monoisotopic (exact) mass is 631 g/mol. The fourth-order valence-electron chi connectivity index (χ4n) is 4.12. The number of aromatic nitrogens is 2. The number of hydrogen-bond acceptors (Lipinski definition) is 5. The maximum absolute atomic E-state index is 13.4. The smallest absolute Gasteiger partial charge is 0.416 e. The molecule has 0 spiro atoms. The van der Waals surface area contributed by atoms with Crippen LogP contribution in [0.3, 0.4) is 0 Å². The predicted molar refractivity (Wildman–Crippen MR) is 158 cm³/mol. The Morgan fingerprint density at radius 3 is 2.48 bits per heavy atom. The number of hydrogen-bond donors (Lipinski definition) is 0. The van der Waals surface area contributed by atoms with Gasteiger partial charge in [0.2, 0.25) is 0 Å². The third-order valence-electron chi connectivity index (χ3n) is 6.16. The quantitative estimate of drug-likeness (QED) is 0.169. The Balaban J connectivity index is 1.54. The van der Waals surface area contributed by atoms with Crippen LogP contribution in [0.1, 0.15) is 16.7 Å². The van der Waals surface area contributed by atoms with Crippen molar-refractivity contribution in [2.24, 2.45) is 5.10 Å². The molecule has 0 atom stereocenters. The molecule has 6 nitrogen and oxygen atoms in total. The van der Waals surface area contributed by atoms with Gasteiger partial charge in [0.15, 0.2) is 17.3 Å². The van der Waals surface area contributed by atoms with Crippen LogP contribution in [0.25, 0.3) is 22.3 Å². The van der Waals surface area contributed by atoms with Crippen LogP contribution in [0.4, 0.5) is 13.2 Å². The van der Waals surface area contributed by atoms with Crippen molar-refractivity contribution in [3.8, 4) is 22.9 Å². The molecule has 214 valence electrons. The first kappa shape index (κ1) is 29.4. The summed E-state index contributed by atoms with van der Waals surface area (Å²) >= 11 is 18.7. The van der Waals surface area contributed by atoms with E-state index in [9.17, 15) is 18.0 Å². The van der Waals surface area contributed by atoms with Crippen molar-refractivity contribution in [2.75, 3.05) is 7.11 Å². The molecule has 42 heavy (non-hydrogen) atoms. The van der Waals surface area contributed by atoms with Crippen LogP contribution < -0.4 is 15.0 Å². The minimum atomic E-state index is -4.59. The normalized spacial score (nSPS) is 11.8. The molecule has 1 aromatic heterocycles. The summed E-state index contributed by atoms with van der Waals surface area (Å²) in [5.41, 5.74) is 0.0179. The van der Waals surface area contributed by atoms with Gasteiger partial charge in [0.05, 0.1) is 34.8 Å². The highest BCUT2D eigenvalue weighted by molar-refractivity contribution is 6.35. The van der Waals surface area contributed by atoms with Gasteiger partial charge in [-0.2, -0.15) is 22.9 Å². The molecular formula is C30H19Cl3F3N3O3. The van der Waals surface area contributed by atoms with E-state index in [-0.39, 0.29) is 39.9 Å². The third-order valence-corrected chi connectivity index (χ3v) is 7.03. The van der Waals surface area contributed by atoms with Crippen LogP contribution in [0.5, 0.6) is 11.5 Å². The molecule has 5 rings (SSSR count). The maximum Gasteiger partial charge on any atom is 0.416 e. The number of ether oxygens (including phenoxy) is 2. The lowest BCUT2D eigenvalue weighted by Crippen LogP contribution is -2.20. The summed E-state index contributed by atoms with van der Waals surface area (Å²) < 4.78 is 52.6. The van der Waals surface area contributed by atoms with Crippen LogP contribution in [0, 0.1) is 0 Å². The van der Waals surface area contributed by atoms with Gasteiger partial charge in [0.1, 0.15) is 6.61 Å². The van der Waals surface area contributed by atoms with E-state index in [4.69, 9.17) is 44.3 Å². The fourth-order valence-corrected chi connectivity index (χ4v) is 4.86. The summed E-state index contributed by atoms with van der Waals surface area (Å²) in [6.45, 7) is 0.0814. The standard InChI is InChI=1S/C30H19Cl3F3N3O3/c1-41-26-12-17(11-24(33)27(26)42-16-19-9-10-21(31)14-23(19)32)15-37-39-28(18-5-4-6-20(13-18)30(34,35)36)38-25-8-3-2-7-22(25)29(39)40/h2-15H,16H2,1H3. The predicted octanol–water partition coefficient (Wildman–Crippen LogP) is 8.51. The number of benzene rings is 4. The molecule has 0 amide bonds. The van der Waals surface area contributed by atoms with Gasteiger partial charge in [0.25, 0.3) is 5.56 Å². The minimum absolute atomic E-state index is 0.0602. The lowest BCUT2D eigenvalue weighted by molar-refractivity contribution is -0.137. The number of halogens is 6. The topological polar surface area (TPSA) is 65.7 Å². The third kappa shape index (κ3) is 6.23. The molecule has 0 saturated carbocycles. The zero-order chi connectivity index (χ0) is 30.0. The van der Waals surface area contributed by atoms with E-state index in [0.29, 0.717) is 26.7 Å². The van der Waals surface area contributed by atoms with Crippen molar-refractivity contribution in [3.05, 3.63) is 121 Å². The second-order valence-electron chi connectivity index (χ2n) is 8.95. The Labute approximate surface area is 252 Å². The van der Waals surface area contributed by atoms with E-state index in [1.807, 2.05) is 0 Å². The molecular weight excluding hydrogens is 614 g/mol. The van der Waals surface area contributed by atoms with E-state index in [1.165, 1.54) is 31.5 Å². The molecule has 4 aromatic carbocycles. The van der Waals surface area contributed by atoms with E-state index in [2.05, 4.69) is 10.1 Å². The highest BCUT2D eigenvalue weighted by atomic mass is 35.5. The summed E-state index contributed by atoms with van der Waals surface area (Å²) in [7, 11) is 1.43. The second-order valence-corrected chi connectivity index (χ2v) is 10.2.